The fraction of sp³-hybridized carbons (Fsp3) is 0.444. The maximum atomic E-state index is 12.5. The number of anilines is 1. The zero-order valence-electron chi connectivity index (χ0n) is 14.3. The normalized spacial score (nSPS) is 15.2. The molecule has 0 aliphatic heterocycles. The van der Waals surface area contributed by atoms with E-state index in [9.17, 15) is 18.0 Å². The van der Waals surface area contributed by atoms with Crippen LogP contribution in [0, 0.1) is 6.92 Å². The molecule has 0 saturated heterocycles. The van der Waals surface area contributed by atoms with E-state index in [1.165, 1.54) is 6.20 Å². The lowest BCUT2D eigenvalue weighted by Gasteiger charge is -2.17. The van der Waals surface area contributed by atoms with Crippen LogP contribution in [0.1, 0.15) is 53.2 Å². The van der Waals surface area contributed by atoms with E-state index in [-0.39, 0.29) is 17.7 Å². The highest BCUT2D eigenvalue weighted by atomic mass is 19.4. The van der Waals surface area contributed by atoms with Gasteiger partial charge < -0.3 is 15.0 Å². The maximum Gasteiger partial charge on any atom is 0.422 e. The van der Waals surface area contributed by atoms with Gasteiger partial charge in [-0.25, -0.2) is 4.98 Å². The lowest BCUT2D eigenvalue weighted by atomic mass is 9.98. The third-order valence-electron chi connectivity index (χ3n) is 4.50. The summed E-state index contributed by atoms with van der Waals surface area (Å²) in [5, 5.41) is 2.75. The SMILES string of the molecule is Cc1[nH]ccc1C(=O)Nc1cnc(OCC(F)(F)F)c(C2CCCC2)c1. The van der Waals surface area contributed by atoms with E-state index in [0.29, 0.717) is 16.8 Å². The number of aryl methyl sites for hydroxylation is 1. The van der Waals surface area contributed by atoms with Crippen molar-refractivity contribution in [1.29, 1.82) is 0 Å². The summed E-state index contributed by atoms with van der Waals surface area (Å²) in [6.45, 7) is 0.402. The van der Waals surface area contributed by atoms with Crippen LogP contribution in [0.25, 0.3) is 0 Å². The van der Waals surface area contributed by atoms with Crippen molar-refractivity contribution in [2.45, 2.75) is 44.7 Å². The number of halogens is 3. The number of aromatic nitrogens is 2. The fourth-order valence-electron chi connectivity index (χ4n) is 3.23. The number of rotatable bonds is 5. The smallest absolute Gasteiger partial charge is 0.422 e. The molecule has 0 aromatic carbocycles. The molecule has 140 valence electrons. The Morgan fingerprint density at radius 2 is 2.12 bits per heavy atom. The first kappa shape index (κ1) is 18.3. The fourth-order valence-corrected chi connectivity index (χ4v) is 3.23. The highest BCUT2D eigenvalue weighted by molar-refractivity contribution is 6.05. The number of pyridine rings is 1. The Labute approximate surface area is 149 Å². The second-order valence-corrected chi connectivity index (χ2v) is 6.47. The summed E-state index contributed by atoms with van der Waals surface area (Å²) in [6.07, 6.45) is 2.35. The van der Waals surface area contributed by atoms with Gasteiger partial charge in [-0.05, 0) is 37.8 Å². The van der Waals surface area contributed by atoms with E-state index in [0.717, 1.165) is 31.4 Å². The Morgan fingerprint density at radius 1 is 1.38 bits per heavy atom. The van der Waals surface area contributed by atoms with Crippen LogP contribution in [0.3, 0.4) is 0 Å². The second-order valence-electron chi connectivity index (χ2n) is 6.47. The van der Waals surface area contributed by atoms with Crippen molar-refractivity contribution in [3.63, 3.8) is 0 Å². The van der Waals surface area contributed by atoms with Crippen LogP contribution in [0.4, 0.5) is 18.9 Å². The molecule has 1 amide bonds. The molecule has 8 heteroatoms. The number of amides is 1. The first-order chi connectivity index (χ1) is 12.3. The molecule has 0 spiro atoms. The summed E-state index contributed by atoms with van der Waals surface area (Å²) in [7, 11) is 0. The molecule has 0 bridgehead atoms. The van der Waals surface area contributed by atoms with Crippen molar-refractivity contribution in [1.82, 2.24) is 9.97 Å². The summed E-state index contributed by atoms with van der Waals surface area (Å²) in [5.74, 6) is -0.214. The minimum absolute atomic E-state index is 0.00921. The largest absolute Gasteiger partial charge is 0.468 e. The van der Waals surface area contributed by atoms with E-state index < -0.39 is 12.8 Å². The van der Waals surface area contributed by atoms with E-state index >= 15 is 0 Å². The van der Waals surface area contributed by atoms with Crippen molar-refractivity contribution in [2.24, 2.45) is 0 Å². The molecular formula is C18H20F3N3O2. The Morgan fingerprint density at radius 3 is 2.73 bits per heavy atom. The van der Waals surface area contributed by atoms with Gasteiger partial charge in [-0.3, -0.25) is 4.79 Å². The summed E-state index contributed by atoms with van der Waals surface area (Å²) >= 11 is 0. The minimum atomic E-state index is -4.42. The van der Waals surface area contributed by atoms with E-state index in [1.54, 1.807) is 25.3 Å². The number of carbonyl (C=O) groups is 1. The van der Waals surface area contributed by atoms with Crippen molar-refractivity contribution in [3.05, 3.63) is 41.3 Å². The third kappa shape index (κ3) is 4.36. The first-order valence-electron chi connectivity index (χ1n) is 8.48. The van der Waals surface area contributed by atoms with E-state index in [2.05, 4.69) is 15.3 Å². The molecule has 5 nitrogen and oxygen atoms in total. The van der Waals surface area contributed by atoms with Crippen molar-refractivity contribution < 1.29 is 22.7 Å². The molecule has 1 fully saturated rings. The molecule has 26 heavy (non-hydrogen) atoms. The van der Waals surface area contributed by atoms with Gasteiger partial charge in [-0.1, -0.05) is 12.8 Å². The quantitative estimate of drug-likeness (QED) is 0.814. The number of nitrogens with one attached hydrogen (secondary N) is 2. The summed E-state index contributed by atoms with van der Waals surface area (Å²) in [4.78, 5) is 19.3. The van der Waals surface area contributed by atoms with Crippen molar-refractivity contribution >= 4 is 11.6 Å². The molecule has 0 atom stereocenters. The second kappa shape index (κ2) is 7.39. The number of nitrogens with zero attached hydrogens (tertiary/aromatic N) is 1. The molecule has 2 aromatic heterocycles. The highest BCUT2D eigenvalue weighted by Crippen LogP contribution is 2.39. The molecule has 2 heterocycles. The Bertz CT molecular complexity index is 780. The molecular weight excluding hydrogens is 347 g/mol. The molecule has 1 saturated carbocycles. The number of hydrogen-bond donors (Lipinski definition) is 2. The summed E-state index contributed by atoms with van der Waals surface area (Å²) in [6, 6.07) is 3.34. The van der Waals surface area contributed by atoms with Crippen LogP contribution in [-0.4, -0.2) is 28.7 Å². The molecule has 3 rings (SSSR count). The Hall–Kier alpha value is -2.51. The first-order valence-corrected chi connectivity index (χ1v) is 8.48. The van der Waals surface area contributed by atoms with Gasteiger partial charge in [0, 0.05) is 17.5 Å². The number of ether oxygens (including phenoxy) is 1. The van der Waals surface area contributed by atoms with Crippen LogP contribution < -0.4 is 10.1 Å². The topological polar surface area (TPSA) is 67.0 Å². The van der Waals surface area contributed by atoms with Gasteiger partial charge in [0.2, 0.25) is 5.88 Å². The van der Waals surface area contributed by atoms with Crippen molar-refractivity contribution in [3.8, 4) is 5.88 Å². The van der Waals surface area contributed by atoms with E-state index in [1.807, 2.05) is 0 Å². The van der Waals surface area contributed by atoms with Gasteiger partial charge in [0.15, 0.2) is 6.61 Å². The predicted molar refractivity (Wildman–Crippen MR) is 90.5 cm³/mol. The zero-order chi connectivity index (χ0) is 18.7. The lowest BCUT2D eigenvalue weighted by Crippen LogP contribution is -2.20. The molecule has 0 unspecified atom stereocenters. The molecule has 1 aliphatic carbocycles. The van der Waals surface area contributed by atoms with E-state index in [4.69, 9.17) is 4.74 Å². The summed E-state index contributed by atoms with van der Waals surface area (Å²) < 4.78 is 42.4. The molecule has 0 radical (unpaired) electrons. The Balaban J connectivity index is 1.82. The predicted octanol–water partition coefficient (Wildman–Crippen LogP) is 4.57. The van der Waals surface area contributed by atoms with Gasteiger partial charge in [0.05, 0.1) is 17.4 Å². The molecule has 1 aliphatic rings. The molecule has 2 aromatic rings. The summed E-state index contributed by atoms with van der Waals surface area (Å²) in [5.41, 5.74) is 2.30. The number of H-pyrrole nitrogens is 1. The van der Waals surface area contributed by atoms with Crippen molar-refractivity contribution in [2.75, 3.05) is 11.9 Å². The molecule has 2 N–H and O–H groups in total. The van der Waals surface area contributed by atoms with Crippen LogP contribution in [0.2, 0.25) is 0 Å². The number of aromatic amines is 1. The minimum Gasteiger partial charge on any atom is -0.468 e. The van der Waals surface area contributed by atoms with Gasteiger partial charge in [0.1, 0.15) is 0 Å². The van der Waals surface area contributed by atoms with Gasteiger partial charge in [0.25, 0.3) is 5.91 Å². The number of carbonyl (C=O) groups excluding carboxylic acids is 1. The van der Waals surface area contributed by atoms with Crippen LogP contribution in [-0.2, 0) is 0 Å². The van der Waals surface area contributed by atoms with Crippen LogP contribution >= 0.6 is 0 Å². The standard InChI is InChI=1S/C18H20F3N3O2/c1-11-14(6-7-22-11)16(25)24-13-8-15(12-4-2-3-5-12)17(23-9-13)26-10-18(19,20)21/h6-9,12,22H,2-5,10H2,1H3,(H,24,25). The van der Waals surface area contributed by atoms with Crippen LogP contribution in [0.15, 0.2) is 24.5 Å². The van der Waals surface area contributed by atoms with Gasteiger partial charge in [-0.2, -0.15) is 13.2 Å². The maximum absolute atomic E-state index is 12.5. The average molecular weight is 367 g/mol. The Kier molecular flexibility index (Phi) is 5.20. The van der Waals surface area contributed by atoms with Crippen LogP contribution in [0.5, 0.6) is 5.88 Å². The number of alkyl halides is 3. The monoisotopic (exact) mass is 367 g/mol. The van der Waals surface area contributed by atoms with Gasteiger partial charge in [-0.15, -0.1) is 0 Å². The third-order valence-corrected chi connectivity index (χ3v) is 4.50. The average Bonchev–Trinajstić information content (AvgIpc) is 3.24. The zero-order valence-corrected chi connectivity index (χ0v) is 14.3. The highest BCUT2D eigenvalue weighted by Gasteiger charge is 2.30. The van der Waals surface area contributed by atoms with Gasteiger partial charge >= 0.3 is 6.18 Å². The number of hydrogen-bond acceptors (Lipinski definition) is 3. The lowest BCUT2D eigenvalue weighted by molar-refractivity contribution is -0.154.